The van der Waals surface area contributed by atoms with E-state index in [0.29, 0.717) is 0 Å². The number of anilines is 1. The van der Waals surface area contributed by atoms with Crippen molar-refractivity contribution in [2.24, 2.45) is 0 Å². The van der Waals surface area contributed by atoms with Crippen LogP contribution in [0.25, 0.3) is 0 Å². The quantitative estimate of drug-likeness (QED) is 0.840. The summed E-state index contributed by atoms with van der Waals surface area (Å²) in [6.45, 7) is 7.45. The van der Waals surface area contributed by atoms with Gasteiger partial charge in [0, 0.05) is 45.3 Å². The lowest BCUT2D eigenvalue weighted by Gasteiger charge is -2.29. The molecule has 0 aromatic heterocycles. The van der Waals surface area contributed by atoms with Crippen LogP contribution in [-0.4, -0.2) is 43.5 Å². The van der Waals surface area contributed by atoms with E-state index in [-0.39, 0.29) is 5.91 Å². The van der Waals surface area contributed by atoms with Crippen molar-refractivity contribution in [1.82, 2.24) is 10.2 Å². The van der Waals surface area contributed by atoms with Gasteiger partial charge in [0.05, 0.1) is 0 Å². The number of fused-ring (bicyclic) bond motifs is 1. The molecule has 108 valence electrons. The Kier molecular flexibility index (Phi) is 3.92. The zero-order chi connectivity index (χ0) is 13.9. The Hall–Kier alpha value is -1.55. The molecule has 4 nitrogen and oxygen atoms in total. The van der Waals surface area contributed by atoms with E-state index < -0.39 is 0 Å². The maximum atomic E-state index is 11.5. The molecule has 1 aromatic carbocycles. The van der Waals surface area contributed by atoms with Gasteiger partial charge in [0.25, 0.3) is 0 Å². The van der Waals surface area contributed by atoms with Crippen molar-refractivity contribution in [2.45, 2.75) is 26.3 Å². The average molecular weight is 273 g/mol. The summed E-state index contributed by atoms with van der Waals surface area (Å²) in [5.41, 5.74) is 4.32. The van der Waals surface area contributed by atoms with Gasteiger partial charge < -0.3 is 15.1 Å². The highest BCUT2D eigenvalue weighted by Gasteiger charge is 2.20. The number of rotatable bonds is 1. The summed E-state index contributed by atoms with van der Waals surface area (Å²) in [6.07, 6.45) is 2.17. The van der Waals surface area contributed by atoms with E-state index in [4.69, 9.17) is 0 Å². The Labute approximate surface area is 120 Å². The molecule has 1 fully saturated rings. The molecule has 0 radical (unpaired) electrons. The van der Waals surface area contributed by atoms with Crippen LogP contribution in [-0.2, 0) is 17.8 Å². The third kappa shape index (κ3) is 2.66. The predicted molar refractivity (Wildman–Crippen MR) is 80.9 cm³/mol. The standard InChI is InChI=1S/C16H23N3O/c1-13(20)18-8-3-9-19(11-10-18)16-5-2-4-14-12-17-7-6-15(14)16/h2,4-5,17H,3,6-12H2,1H3. The van der Waals surface area contributed by atoms with Crippen LogP contribution in [0.4, 0.5) is 5.69 Å². The van der Waals surface area contributed by atoms with Crippen molar-refractivity contribution < 1.29 is 4.79 Å². The van der Waals surface area contributed by atoms with E-state index in [1.165, 1.54) is 16.8 Å². The molecule has 0 aliphatic carbocycles. The van der Waals surface area contributed by atoms with Gasteiger partial charge in [0.2, 0.25) is 5.91 Å². The second-order valence-corrected chi connectivity index (χ2v) is 5.69. The second kappa shape index (κ2) is 5.83. The zero-order valence-electron chi connectivity index (χ0n) is 12.2. The summed E-state index contributed by atoms with van der Waals surface area (Å²) in [5, 5.41) is 3.43. The van der Waals surface area contributed by atoms with Crippen LogP contribution >= 0.6 is 0 Å². The number of nitrogens with zero attached hydrogens (tertiary/aromatic N) is 2. The molecule has 2 aliphatic heterocycles. The van der Waals surface area contributed by atoms with E-state index in [9.17, 15) is 4.79 Å². The van der Waals surface area contributed by atoms with Crippen molar-refractivity contribution in [3.05, 3.63) is 29.3 Å². The number of benzene rings is 1. The third-order valence-electron chi connectivity index (χ3n) is 4.40. The fraction of sp³-hybridized carbons (Fsp3) is 0.562. The molecule has 0 atom stereocenters. The molecule has 0 unspecified atom stereocenters. The van der Waals surface area contributed by atoms with E-state index in [2.05, 4.69) is 28.4 Å². The van der Waals surface area contributed by atoms with Crippen LogP contribution in [0.2, 0.25) is 0 Å². The van der Waals surface area contributed by atoms with Crippen LogP contribution in [0.5, 0.6) is 0 Å². The highest BCUT2D eigenvalue weighted by atomic mass is 16.2. The molecule has 1 amide bonds. The van der Waals surface area contributed by atoms with Crippen molar-refractivity contribution in [1.29, 1.82) is 0 Å². The van der Waals surface area contributed by atoms with E-state index in [1.54, 1.807) is 6.92 Å². The van der Waals surface area contributed by atoms with Crippen molar-refractivity contribution in [2.75, 3.05) is 37.6 Å². The lowest BCUT2D eigenvalue weighted by atomic mass is 9.98. The maximum absolute atomic E-state index is 11.5. The molecule has 0 bridgehead atoms. The normalized spacial score (nSPS) is 19.4. The Bertz CT molecular complexity index is 500. The minimum Gasteiger partial charge on any atom is -0.369 e. The molecule has 2 heterocycles. The first-order valence-electron chi connectivity index (χ1n) is 7.57. The lowest BCUT2D eigenvalue weighted by molar-refractivity contribution is -0.128. The average Bonchev–Trinajstić information content (AvgIpc) is 2.72. The topological polar surface area (TPSA) is 35.6 Å². The Morgan fingerprint density at radius 1 is 1.20 bits per heavy atom. The third-order valence-corrected chi connectivity index (χ3v) is 4.40. The Morgan fingerprint density at radius 2 is 2.10 bits per heavy atom. The van der Waals surface area contributed by atoms with Crippen LogP contribution < -0.4 is 10.2 Å². The molecule has 4 heteroatoms. The van der Waals surface area contributed by atoms with Crippen molar-refractivity contribution in [3.63, 3.8) is 0 Å². The highest BCUT2D eigenvalue weighted by Crippen LogP contribution is 2.27. The number of carbonyl (C=O) groups is 1. The first kappa shape index (κ1) is 13.4. The fourth-order valence-corrected chi connectivity index (χ4v) is 3.28. The monoisotopic (exact) mass is 273 g/mol. The van der Waals surface area contributed by atoms with Crippen molar-refractivity contribution in [3.8, 4) is 0 Å². The minimum atomic E-state index is 0.200. The molecule has 1 saturated heterocycles. The lowest BCUT2D eigenvalue weighted by Crippen LogP contribution is -2.34. The molecule has 2 aliphatic rings. The van der Waals surface area contributed by atoms with Crippen molar-refractivity contribution >= 4 is 11.6 Å². The SMILES string of the molecule is CC(=O)N1CCCN(c2cccc3c2CCNC3)CC1. The highest BCUT2D eigenvalue weighted by molar-refractivity contribution is 5.73. The summed E-state index contributed by atoms with van der Waals surface area (Å²) >= 11 is 0. The van der Waals surface area contributed by atoms with Gasteiger partial charge in [0.1, 0.15) is 0 Å². The molecule has 0 spiro atoms. The smallest absolute Gasteiger partial charge is 0.219 e. The first-order valence-corrected chi connectivity index (χ1v) is 7.57. The van der Waals surface area contributed by atoms with Crippen LogP contribution in [0.1, 0.15) is 24.5 Å². The number of hydrogen-bond donors (Lipinski definition) is 1. The minimum absolute atomic E-state index is 0.200. The van der Waals surface area contributed by atoms with E-state index >= 15 is 0 Å². The Balaban J connectivity index is 1.81. The number of carbonyl (C=O) groups excluding carboxylic acids is 1. The van der Waals surface area contributed by atoms with Crippen LogP contribution in [0, 0.1) is 0 Å². The van der Waals surface area contributed by atoms with Gasteiger partial charge in [-0.25, -0.2) is 0 Å². The number of nitrogens with one attached hydrogen (secondary N) is 1. The molecular weight excluding hydrogens is 250 g/mol. The first-order chi connectivity index (χ1) is 9.75. The summed E-state index contributed by atoms with van der Waals surface area (Å²) in [5.74, 6) is 0.200. The summed E-state index contributed by atoms with van der Waals surface area (Å²) in [6, 6.07) is 6.63. The maximum Gasteiger partial charge on any atom is 0.219 e. The summed E-state index contributed by atoms with van der Waals surface area (Å²) in [7, 11) is 0. The van der Waals surface area contributed by atoms with Crippen LogP contribution in [0.15, 0.2) is 18.2 Å². The zero-order valence-corrected chi connectivity index (χ0v) is 12.2. The summed E-state index contributed by atoms with van der Waals surface area (Å²) < 4.78 is 0. The number of hydrogen-bond acceptors (Lipinski definition) is 3. The molecule has 1 N–H and O–H groups in total. The van der Waals surface area contributed by atoms with Crippen LogP contribution in [0.3, 0.4) is 0 Å². The van der Waals surface area contributed by atoms with Gasteiger partial charge in [-0.2, -0.15) is 0 Å². The van der Waals surface area contributed by atoms with Gasteiger partial charge in [-0.05, 0) is 36.6 Å². The van der Waals surface area contributed by atoms with Gasteiger partial charge in [-0.1, -0.05) is 12.1 Å². The Morgan fingerprint density at radius 3 is 2.95 bits per heavy atom. The second-order valence-electron chi connectivity index (χ2n) is 5.69. The van der Waals surface area contributed by atoms with E-state index in [1.807, 2.05) is 4.90 Å². The number of amides is 1. The predicted octanol–water partition coefficient (Wildman–Crippen LogP) is 1.39. The van der Waals surface area contributed by atoms with Gasteiger partial charge in [0.15, 0.2) is 0 Å². The molecule has 1 aromatic rings. The van der Waals surface area contributed by atoms with Gasteiger partial charge >= 0.3 is 0 Å². The van der Waals surface area contributed by atoms with Gasteiger partial charge in [-0.15, -0.1) is 0 Å². The molecule has 20 heavy (non-hydrogen) atoms. The molecule has 3 rings (SSSR count). The summed E-state index contributed by atoms with van der Waals surface area (Å²) in [4.78, 5) is 16.0. The fourth-order valence-electron chi connectivity index (χ4n) is 3.28. The largest absolute Gasteiger partial charge is 0.369 e. The van der Waals surface area contributed by atoms with E-state index in [0.717, 1.165) is 52.1 Å². The van der Waals surface area contributed by atoms with Gasteiger partial charge in [-0.3, -0.25) is 4.79 Å². The molecule has 0 saturated carbocycles. The molecular formula is C16H23N3O.